The molecule has 0 radical (unpaired) electrons. The Kier molecular flexibility index (Phi) is 3.69. The predicted molar refractivity (Wildman–Crippen MR) is 126 cm³/mol. The Bertz CT molecular complexity index is 1450. The summed E-state index contributed by atoms with van der Waals surface area (Å²) < 4.78 is 24.3. The summed E-state index contributed by atoms with van der Waals surface area (Å²) in [7, 11) is 0. The van der Waals surface area contributed by atoms with E-state index in [1.54, 1.807) is 0 Å². The Labute approximate surface area is 187 Å². The van der Waals surface area contributed by atoms with Gasteiger partial charge in [-0.2, -0.15) is 0 Å². The molecule has 0 saturated carbocycles. The molecule has 4 nitrogen and oxygen atoms in total. The zero-order chi connectivity index (χ0) is 22.8. The van der Waals surface area contributed by atoms with E-state index in [0.29, 0.717) is 11.1 Å². The second-order valence-electron chi connectivity index (χ2n) is 11.9. The molecule has 2 atom stereocenters. The van der Waals surface area contributed by atoms with E-state index in [1.165, 1.54) is 0 Å². The molecule has 1 saturated heterocycles. The van der Waals surface area contributed by atoms with E-state index in [4.69, 9.17) is 14.7 Å². The third-order valence-corrected chi connectivity index (χ3v) is 7.35. The molecule has 6 rings (SSSR count). The molecular formula is C27H30FN3O. The first-order valence-corrected chi connectivity index (χ1v) is 11.5. The van der Waals surface area contributed by atoms with Gasteiger partial charge in [-0.3, -0.25) is 9.38 Å². The molecule has 2 bridgehead atoms. The molecule has 0 N–H and O–H groups in total. The summed E-state index contributed by atoms with van der Waals surface area (Å²) >= 11 is 0. The maximum atomic E-state index is 15.9. The highest BCUT2D eigenvalue weighted by Crippen LogP contribution is 2.56. The molecule has 3 aromatic heterocycles. The van der Waals surface area contributed by atoms with Crippen LogP contribution in [0.4, 0.5) is 4.39 Å². The Morgan fingerprint density at radius 2 is 1.84 bits per heavy atom. The van der Waals surface area contributed by atoms with Gasteiger partial charge in [0, 0.05) is 39.4 Å². The van der Waals surface area contributed by atoms with Gasteiger partial charge in [0.1, 0.15) is 11.2 Å². The Morgan fingerprint density at radius 3 is 2.53 bits per heavy atom. The number of pyridine rings is 2. The molecule has 5 heteroatoms. The van der Waals surface area contributed by atoms with Crippen LogP contribution in [0.2, 0.25) is 0 Å². The van der Waals surface area contributed by atoms with Crippen LogP contribution in [0, 0.1) is 5.82 Å². The van der Waals surface area contributed by atoms with Crippen molar-refractivity contribution < 1.29 is 9.13 Å². The van der Waals surface area contributed by atoms with Gasteiger partial charge in [0.2, 0.25) is 0 Å². The van der Waals surface area contributed by atoms with Crippen LogP contribution in [0.15, 0.2) is 24.4 Å². The van der Waals surface area contributed by atoms with Gasteiger partial charge in [0.15, 0.2) is 5.82 Å². The smallest absolute Gasteiger partial charge is 0.157 e. The maximum Gasteiger partial charge on any atom is 0.157 e. The van der Waals surface area contributed by atoms with E-state index in [1.807, 2.05) is 6.20 Å². The van der Waals surface area contributed by atoms with Crippen molar-refractivity contribution in [3.63, 3.8) is 0 Å². The van der Waals surface area contributed by atoms with Crippen molar-refractivity contribution >= 4 is 27.5 Å². The minimum Gasteiger partial charge on any atom is -0.363 e. The lowest BCUT2D eigenvalue weighted by molar-refractivity contribution is -0.00748. The maximum absolute atomic E-state index is 15.9. The van der Waals surface area contributed by atoms with Crippen molar-refractivity contribution in [1.29, 1.82) is 0 Å². The van der Waals surface area contributed by atoms with Crippen LogP contribution in [0.25, 0.3) is 27.5 Å². The molecule has 4 aromatic rings. The highest BCUT2D eigenvalue weighted by Gasteiger charge is 2.49. The Balaban J connectivity index is 1.78. The SMILES string of the molecule is CC(C)(C)c1cc2cc(C(C)(C)C)n3c4cc5c(c(F)c4nc3c2cn1)C1CCC5(C)O1. The summed E-state index contributed by atoms with van der Waals surface area (Å²) in [6.45, 7) is 15.2. The van der Waals surface area contributed by atoms with E-state index in [-0.39, 0.29) is 22.8 Å². The fourth-order valence-corrected chi connectivity index (χ4v) is 5.56. The molecule has 2 aliphatic heterocycles. The number of hydrogen-bond donors (Lipinski definition) is 0. The van der Waals surface area contributed by atoms with Crippen LogP contribution >= 0.6 is 0 Å². The van der Waals surface area contributed by atoms with Gasteiger partial charge in [-0.25, -0.2) is 9.37 Å². The van der Waals surface area contributed by atoms with Crippen molar-refractivity contribution in [2.24, 2.45) is 0 Å². The summed E-state index contributed by atoms with van der Waals surface area (Å²) in [6.07, 6.45) is 3.55. The lowest BCUT2D eigenvalue weighted by atomic mass is 9.83. The molecule has 1 aromatic carbocycles. The number of hydrogen-bond acceptors (Lipinski definition) is 3. The number of ether oxygens (including phenoxy) is 1. The van der Waals surface area contributed by atoms with Gasteiger partial charge in [-0.15, -0.1) is 0 Å². The summed E-state index contributed by atoms with van der Waals surface area (Å²) in [5.74, 6) is -0.220. The number of halogens is 1. The fourth-order valence-electron chi connectivity index (χ4n) is 5.56. The minimum absolute atomic E-state index is 0.0516. The minimum atomic E-state index is -0.402. The zero-order valence-corrected chi connectivity index (χ0v) is 19.9. The molecule has 0 amide bonds. The molecule has 166 valence electrons. The number of aromatic nitrogens is 3. The molecule has 2 unspecified atom stereocenters. The first-order chi connectivity index (χ1) is 14.9. The van der Waals surface area contributed by atoms with Crippen LogP contribution in [-0.2, 0) is 21.2 Å². The van der Waals surface area contributed by atoms with Crippen LogP contribution in [0.1, 0.15) is 89.9 Å². The molecular weight excluding hydrogens is 401 g/mol. The van der Waals surface area contributed by atoms with Gasteiger partial charge >= 0.3 is 0 Å². The zero-order valence-electron chi connectivity index (χ0n) is 19.9. The first kappa shape index (κ1) is 20.1. The molecule has 32 heavy (non-hydrogen) atoms. The summed E-state index contributed by atoms with van der Waals surface area (Å²) in [6, 6.07) is 6.52. The highest BCUT2D eigenvalue weighted by atomic mass is 19.1. The summed E-state index contributed by atoms with van der Waals surface area (Å²) in [5.41, 5.74) is 5.27. The summed E-state index contributed by atoms with van der Waals surface area (Å²) in [4.78, 5) is 9.64. The molecule has 0 spiro atoms. The van der Waals surface area contributed by atoms with Crippen molar-refractivity contribution in [2.45, 2.75) is 83.8 Å². The van der Waals surface area contributed by atoms with Crippen LogP contribution in [0.3, 0.4) is 0 Å². The van der Waals surface area contributed by atoms with Crippen molar-refractivity contribution in [1.82, 2.24) is 14.4 Å². The number of rotatable bonds is 0. The average molecular weight is 432 g/mol. The van der Waals surface area contributed by atoms with Gasteiger partial charge < -0.3 is 4.74 Å². The Hall–Kier alpha value is -2.53. The second kappa shape index (κ2) is 5.88. The average Bonchev–Trinajstić information content (AvgIpc) is 3.35. The van der Waals surface area contributed by atoms with Crippen molar-refractivity contribution in [3.8, 4) is 0 Å². The molecule has 0 aliphatic carbocycles. The lowest BCUT2D eigenvalue weighted by Crippen LogP contribution is -2.19. The standard InChI is InChI=1S/C27H30FN3O/c1-25(2,3)19-10-14-11-20(26(4,5)6)31-17-12-16-21(18-8-9-27(16,7)32-18)22(28)23(17)30-24(31)15(14)13-29-19/h10-13,18H,8-9H2,1-7H3. The van der Waals surface area contributed by atoms with Gasteiger partial charge in [-0.1, -0.05) is 41.5 Å². The molecule has 1 fully saturated rings. The Morgan fingerprint density at radius 1 is 1.09 bits per heavy atom. The van der Waals surface area contributed by atoms with Crippen LogP contribution in [-0.4, -0.2) is 14.4 Å². The fraction of sp³-hybridized carbons (Fsp3) is 0.481. The van der Waals surface area contributed by atoms with Gasteiger partial charge in [-0.05, 0) is 48.9 Å². The number of nitrogens with zero attached hydrogens (tertiary/aromatic N) is 3. The number of imidazole rings is 1. The number of fused-ring (bicyclic) bond motifs is 10. The van der Waals surface area contributed by atoms with E-state index >= 15 is 4.39 Å². The summed E-state index contributed by atoms with van der Waals surface area (Å²) in [5, 5.41) is 2.05. The van der Waals surface area contributed by atoms with E-state index in [0.717, 1.165) is 51.7 Å². The first-order valence-electron chi connectivity index (χ1n) is 11.5. The molecule has 2 aliphatic rings. The topological polar surface area (TPSA) is 39.4 Å². The third kappa shape index (κ3) is 2.52. The lowest BCUT2D eigenvalue weighted by Gasteiger charge is -2.24. The number of benzene rings is 1. The predicted octanol–water partition coefficient (Wildman–Crippen LogP) is 6.85. The third-order valence-electron chi connectivity index (χ3n) is 7.35. The van der Waals surface area contributed by atoms with Crippen molar-refractivity contribution in [3.05, 3.63) is 52.7 Å². The molecule has 5 heterocycles. The van der Waals surface area contributed by atoms with Gasteiger partial charge in [0.25, 0.3) is 0 Å². The largest absolute Gasteiger partial charge is 0.363 e. The van der Waals surface area contributed by atoms with E-state index in [2.05, 4.69) is 71.1 Å². The van der Waals surface area contributed by atoms with Crippen LogP contribution < -0.4 is 0 Å². The second-order valence-corrected chi connectivity index (χ2v) is 11.9. The quantitative estimate of drug-likeness (QED) is 0.306. The van der Waals surface area contributed by atoms with Gasteiger partial charge in [0.05, 0.1) is 17.2 Å². The van der Waals surface area contributed by atoms with Crippen molar-refractivity contribution in [2.75, 3.05) is 0 Å². The highest BCUT2D eigenvalue weighted by molar-refractivity contribution is 5.99. The monoisotopic (exact) mass is 431 g/mol. The normalized spacial score (nSPS) is 23.1. The van der Waals surface area contributed by atoms with Crippen LogP contribution in [0.5, 0.6) is 0 Å². The van der Waals surface area contributed by atoms with E-state index in [9.17, 15) is 0 Å². The van der Waals surface area contributed by atoms with E-state index < -0.39 is 5.60 Å².